The standard InChI is InChI=1S/C22H19ClN4O2S/c23-18-10-8-16(9-11-18)13-24-20(28)15-30-22-26-25-21(19-7-4-12-29-19)27(22)14-17-5-2-1-3-6-17/h1-12H,13-15H2,(H,24,28). The van der Waals surface area contributed by atoms with E-state index in [1.54, 1.807) is 18.4 Å². The number of hydrogen-bond donors (Lipinski definition) is 1. The molecule has 4 aromatic rings. The topological polar surface area (TPSA) is 73.0 Å². The van der Waals surface area contributed by atoms with E-state index in [4.69, 9.17) is 16.0 Å². The lowest BCUT2D eigenvalue weighted by Gasteiger charge is -2.09. The molecule has 0 aliphatic heterocycles. The Balaban J connectivity index is 1.44. The molecule has 2 heterocycles. The molecule has 8 heteroatoms. The number of aromatic nitrogens is 3. The first kappa shape index (κ1) is 20.3. The molecule has 4 rings (SSSR count). The zero-order valence-electron chi connectivity index (χ0n) is 16.0. The molecule has 1 amide bonds. The van der Waals surface area contributed by atoms with Gasteiger partial charge in [-0.1, -0.05) is 65.8 Å². The summed E-state index contributed by atoms with van der Waals surface area (Å²) in [5.74, 6) is 1.42. The second kappa shape index (κ2) is 9.65. The Labute approximate surface area is 183 Å². The molecule has 0 aliphatic carbocycles. The van der Waals surface area contributed by atoms with Gasteiger partial charge in [0.25, 0.3) is 0 Å². The Hall–Kier alpha value is -3.03. The molecule has 0 aliphatic rings. The smallest absolute Gasteiger partial charge is 0.230 e. The fourth-order valence-corrected chi connectivity index (χ4v) is 3.77. The lowest BCUT2D eigenvalue weighted by atomic mass is 10.2. The van der Waals surface area contributed by atoms with Gasteiger partial charge < -0.3 is 9.73 Å². The van der Waals surface area contributed by atoms with Crippen molar-refractivity contribution in [1.29, 1.82) is 0 Å². The number of amides is 1. The zero-order valence-corrected chi connectivity index (χ0v) is 17.6. The van der Waals surface area contributed by atoms with Gasteiger partial charge in [0, 0.05) is 11.6 Å². The van der Waals surface area contributed by atoms with E-state index in [9.17, 15) is 4.79 Å². The molecule has 30 heavy (non-hydrogen) atoms. The predicted octanol–water partition coefficient (Wildman–Crippen LogP) is 4.65. The summed E-state index contributed by atoms with van der Waals surface area (Å²) in [6.07, 6.45) is 1.61. The van der Waals surface area contributed by atoms with Gasteiger partial charge in [-0.15, -0.1) is 10.2 Å². The van der Waals surface area contributed by atoms with E-state index < -0.39 is 0 Å². The molecule has 1 N–H and O–H groups in total. The summed E-state index contributed by atoms with van der Waals surface area (Å²) in [5.41, 5.74) is 2.10. The van der Waals surface area contributed by atoms with Gasteiger partial charge in [-0.3, -0.25) is 9.36 Å². The monoisotopic (exact) mass is 438 g/mol. The Morgan fingerprint density at radius 2 is 1.80 bits per heavy atom. The lowest BCUT2D eigenvalue weighted by molar-refractivity contribution is -0.118. The molecule has 0 saturated carbocycles. The van der Waals surface area contributed by atoms with Crippen molar-refractivity contribution >= 4 is 29.3 Å². The molecular weight excluding hydrogens is 420 g/mol. The molecule has 6 nitrogen and oxygen atoms in total. The average Bonchev–Trinajstić information content (AvgIpc) is 3.43. The second-order valence-electron chi connectivity index (χ2n) is 6.55. The van der Waals surface area contributed by atoms with E-state index in [1.165, 1.54) is 11.8 Å². The average molecular weight is 439 g/mol. The van der Waals surface area contributed by atoms with E-state index >= 15 is 0 Å². The Kier molecular flexibility index (Phi) is 6.51. The van der Waals surface area contributed by atoms with Crippen LogP contribution in [0.2, 0.25) is 5.02 Å². The van der Waals surface area contributed by atoms with Crippen LogP contribution in [0.3, 0.4) is 0 Å². The van der Waals surface area contributed by atoms with Crippen LogP contribution < -0.4 is 5.32 Å². The van der Waals surface area contributed by atoms with Gasteiger partial charge in [0.05, 0.1) is 18.6 Å². The molecule has 0 fully saturated rings. The number of halogens is 1. The maximum atomic E-state index is 12.3. The van der Waals surface area contributed by atoms with E-state index in [-0.39, 0.29) is 11.7 Å². The third-order valence-electron chi connectivity index (χ3n) is 4.38. The van der Waals surface area contributed by atoms with Crippen LogP contribution >= 0.6 is 23.4 Å². The molecule has 152 valence electrons. The Morgan fingerprint density at radius 1 is 1.00 bits per heavy atom. The summed E-state index contributed by atoms with van der Waals surface area (Å²) < 4.78 is 7.48. The highest BCUT2D eigenvalue weighted by molar-refractivity contribution is 7.99. The number of carbonyl (C=O) groups is 1. The molecule has 0 bridgehead atoms. The van der Waals surface area contributed by atoms with Crippen molar-refractivity contribution < 1.29 is 9.21 Å². The van der Waals surface area contributed by atoms with E-state index in [1.807, 2.05) is 59.2 Å². The van der Waals surface area contributed by atoms with E-state index in [0.717, 1.165) is 11.1 Å². The first-order valence-electron chi connectivity index (χ1n) is 9.34. The first-order chi connectivity index (χ1) is 14.7. The normalized spacial score (nSPS) is 10.8. The minimum Gasteiger partial charge on any atom is -0.461 e. The van der Waals surface area contributed by atoms with Gasteiger partial charge in [-0.2, -0.15) is 0 Å². The van der Waals surface area contributed by atoms with Crippen molar-refractivity contribution in [3.8, 4) is 11.6 Å². The highest BCUT2D eigenvalue weighted by atomic mass is 35.5. The van der Waals surface area contributed by atoms with Gasteiger partial charge in [0.1, 0.15) is 0 Å². The van der Waals surface area contributed by atoms with Crippen LogP contribution in [0.15, 0.2) is 82.6 Å². The third kappa shape index (κ3) is 5.11. The van der Waals surface area contributed by atoms with Crippen LogP contribution in [-0.4, -0.2) is 26.4 Å². The summed E-state index contributed by atoms with van der Waals surface area (Å²) in [7, 11) is 0. The highest BCUT2D eigenvalue weighted by Gasteiger charge is 2.17. The molecule has 0 spiro atoms. The van der Waals surface area contributed by atoms with Gasteiger partial charge in [0.2, 0.25) is 11.7 Å². The minimum atomic E-state index is -0.0799. The Morgan fingerprint density at radius 3 is 2.53 bits per heavy atom. The first-order valence-corrected chi connectivity index (χ1v) is 10.7. The van der Waals surface area contributed by atoms with E-state index in [2.05, 4.69) is 15.5 Å². The van der Waals surface area contributed by atoms with Crippen LogP contribution in [0.4, 0.5) is 0 Å². The van der Waals surface area contributed by atoms with Crippen molar-refractivity contribution in [2.24, 2.45) is 0 Å². The third-order valence-corrected chi connectivity index (χ3v) is 5.60. The van der Waals surface area contributed by atoms with Crippen LogP contribution in [-0.2, 0) is 17.9 Å². The number of furan rings is 1. The predicted molar refractivity (Wildman–Crippen MR) is 117 cm³/mol. The highest BCUT2D eigenvalue weighted by Crippen LogP contribution is 2.25. The fourth-order valence-electron chi connectivity index (χ4n) is 2.88. The van der Waals surface area contributed by atoms with Crippen molar-refractivity contribution in [1.82, 2.24) is 20.1 Å². The number of nitrogens with one attached hydrogen (secondary N) is 1. The van der Waals surface area contributed by atoms with Crippen LogP contribution in [0.5, 0.6) is 0 Å². The maximum absolute atomic E-state index is 12.3. The quantitative estimate of drug-likeness (QED) is 0.405. The fraction of sp³-hybridized carbons (Fsp3) is 0.136. The van der Waals surface area contributed by atoms with Crippen molar-refractivity contribution in [2.45, 2.75) is 18.2 Å². The molecular formula is C22H19ClN4O2S. The molecule has 2 aromatic carbocycles. The van der Waals surface area contributed by atoms with Gasteiger partial charge in [0.15, 0.2) is 10.9 Å². The maximum Gasteiger partial charge on any atom is 0.230 e. The summed E-state index contributed by atoms with van der Waals surface area (Å²) in [4.78, 5) is 12.3. The largest absolute Gasteiger partial charge is 0.461 e. The second-order valence-corrected chi connectivity index (χ2v) is 7.93. The minimum absolute atomic E-state index is 0.0799. The number of rotatable bonds is 8. The van der Waals surface area contributed by atoms with Crippen LogP contribution in [0.25, 0.3) is 11.6 Å². The van der Waals surface area contributed by atoms with Gasteiger partial charge in [-0.05, 0) is 35.4 Å². The molecule has 0 unspecified atom stereocenters. The zero-order chi connectivity index (χ0) is 20.8. The lowest BCUT2D eigenvalue weighted by Crippen LogP contribution is -2.24. The number of hydrogen-bond acceptors (Lipinski definition) is 5. The van der Waals surface area contributed by atoms with E-state index in [0.29, 0.717) is 34.9 Å². The Bertz CT molecular complexity index is 1100. The van der Waals surface area contributed by atoms with Gasteiger partial charge in [-0.25, -0.2) is 0 Å². The number of carbonyl (C=O) groups excluding carboxylic acids is 1. The molecule has 0 saturated heterocycles. The van der Waals surface area contributed by atoms with Crippen LogP contribution in [0, 0.1) is 0 Å². The number of benzene rings is 2. The summed E-state index contributed by atoms with van der Waals surface area (Å²) in [6, 6.07) is 21.1. The summed E-state index contributed by atoms with van der Waals surface area (Å²) in [6.45, 7) is 1.03. The summed E-state index contributed by atoms with van der Waals surface area (Å²) in [5, 5.41) is 12.8. The SMILES string of the molecule is O=C(CSc1nnc(-c2ccco2)n1Cc1ccccc1)NCc1ccc(Cl)cc1. The van der Waals surface area contributed by atoms with Crippen molar-refractivity contribution in [2.75, 3.05) is 5.75 Å². The summed E-state index contributed by atoms with van der Waals surface area (Å²) >= 11 is 7.24. The molecule has 2 aromatic heterocycles. The molecule has 0 radical (unpaired) electrons. The van der Waals surface area contributed by atoms with Gasteiger partial charge >= 0.3 is 0 Å². The number of nitrogens with zero attached hydrogens (tertiary/aromatic N) is 3. The molecule has 0 atom stereocenters. The van der Waals surface area contributed by atoms with Crippen LogP contribution in [0.1, 0.15) is 11.1 Å². The van der Waals surface area contributed by atoms with Crippen molar-refractivity contribution in [3.05, 3.63) is 89.1 Å². The van der Waals surface area contributed by atoms with Crippen molar-refractivity contribution in [3.63, 3.8) is 0 Å². The number of thioether (sulfide) groups is 1.